The number of halogens is 4. The van der Waals surface area contributed by atoms with E-state index in [0.29, 0.717) is 33.1 Å². The Hall–Kier alpha value is -5.14. The number of unbranched alkanes of at least 4 members (excludes halogenated alkanes) is 1. The number of aromatic nitrogens is 4. The first kappa shape index (κ1) is 41.0. The topological polar surface area (TPSA) is 211 Å². The number of benzene rings is 4. The van der Waals surface area contributed by atoms with Gasteiger partial charge in [0.2, 0.25) is 17.8 Å². The maximum atomic E-state index is 11.4. The van der Waals surface area contributed by atoms with Crippen molar-refractivity contribution in [2.24, 2.45) is 0 Å². The van der Waals surface area contributed by atoms with Crippen molar-refractivity contribution in [3.05, 3.63) is 129 Å². The van der Waals surface area contributed by atoms with Crippen LogP contribution in [0.2, 0.25) is 15.1 Å². The number of anilines is 6. The third-order valence-electron chi connectivity index (χ3n) is 8.52. The number of hydrogen-bond acceptors (Lipinski definition) is 10. The highest BCUT2D eigenvalue weighted by atomic mass is 79.9. The summed E-state index contributed by atoms with van der Waals surface area (Å²) in [4.78, 5) is 28.5. The van der Waals surface area contributed by atoms with E-state index in [1.165, 1.54) is 5.56 Å². The number of alkyl halides is 1. The first-order valence-corrected chi connectivity index (χ1v) is 19.5. The van der Waals surface area contributed by atoms with Crippen LogP contribution < -0.4 is 34.0 Å². The highest BCUT2D eigenvalue weighted by Gasteiger charge is 2.16. The van der Waals surface area contributed by atoms with E-state index >= 15 is 0 Å². The van der Waals surface area contributed by atoms with Crippen LogP contribution >= 0.6 is 50.7 Å². The van der Waals surface area contributed by atoms with Crippen molar-refractivity contribution in [3.8, 4) is 22.3 Å². The van der Waals surface area contributed by atoms with Gasteiger partial charge in [-0.3, -0.25) is 4.79 Å². The average molecular weight is 863 g/mol. The van der Waals surface area contributed by atoms with E-state index in [-0.39, 0.29) is 23.1 Å². The molecule has 0 radical (unpaired) electrons. The van der Waals surface area contributed by atoms with Crippen LogP contribution in [-0.4, -0.2) is 31.2 Å². The normalized spacial score (nSPS) is 10.8. The lowest BCUT2D eigenvalue weighted by Gasteiger charge is -2.13. The van der Waals surface area contributed by atoms with E-state index in [1.807, 2.05) is 54.6 Å². The molecule has 11 N–H and O–H groups in total. The van der Waals surface area contributed by atoms with E-state index in [4.69, 9.17) is 63.5 Å². The molecule has 55 heavy (non-hydrogen) atoms. The SMILES string of the molecule is Nc1ccc(CCCCc2nc(N)nc(N)c2-c2ccc(Cl)c(Cl)c2)cc1.Nc1nc(N)c(-c2ccc(Cl)cc2)c(CCc2ccc(NC(=O)CBr)cc2)n1. The van der Waals surface area contributed by atoms with Crippen molar-refractivity contribution in [1.29, 1.82) is 0 Å². The molecule has 6 aromatic rings. The summed E-state index contributed by atoms with van der Waals surface area (Å²) in [5, 5.41) is 4.65. The molecule has 0 unspecified atom stereocenters. The van der Waals surface area contributed by atoms with Crippen LogP contribution in [-0.2, 0) is 30.5 Å². The van der Waals surface area contributed by atoms with Gasteiger partial charge >= 0.3 is 0 Å². The molecule has 0 fully saturated rings. The summed E-state index contributed by atoms with van der Waals surface area (Å²) < 4.78 is 0. The lowest BCUT2D eigenvalue weighted by Crippen LogP contribution is -2.12. The van der Waals surface area contributed by atoms with Gasteiger partial charge in [0, 0.05) is 27.5 Å². The number of aryl methyl sites for hydroxylation is 4. The van der Waals surface area contributed by atoms with Gasteiger partial charge in [0.1, 0.15) is 11.6 Å². The Morgan fingerprint density at radius 2 is 1.11 bits per heavy atom. The second-order valence-electron chi connectivity index (χ2n) is 12.5. The molecule has 0 bridgehead atoms. The molecule has 11 nitrogen and oxygen atoms in total. The summed E-state index contributed by atoms with van der Waals surface area (Å²) in [6.07, 6.45) is 5.04. The maximum Gasteiger partial charge on any atom is 0.235 e. The van der Waals surface area contributed by atoms with Gasteiger partial charge < -0.3 is 34.0 Å². The number of hydrogen-bond donors (Lipinski definition) is 6. The summed E-state index contributed by atoms with van der Waals surface area (Å²) in [5.41, 5.74) is 38.4. The molecule has 4 aromatic carbocycles. The number of nitrogen functional groups attached to an aromatic ring is 5. The zero-order valence-corrected chi connectivity index (χ0v) is 33.6. The predicted molar refractivity (Wildman–Crippen MR) is 231 cm³/mol. The maximum absolute atomic E-state index is 11.4. The lowest BCUT2D eigenvalue weighted by molar-refractivity contribution is -0.113. The Labute approximate surface area is 343 Å². The van der Waals surface area contributed by atoms with Gasteiger partial charge in [0.15, 0.2) is 0 Å². The standard InChI is InChI=1S/C20H19BrClN5O.C20H21Cl2N5/c21-11-17(28)25-15-8-1-12(2-9-15)3-10-16-18(19(23)27-20(24)26-16)13-4-6-14(22)7-5-13;21-15-10-7-13(11-16(15)22)18-17(26-20(25)27-19(18)24)4-2-1-3-12-5-8-14(23)9-6-12/h1-2,4-9H,3,10-11H2,(H,25,28)(H4,23,24,26,27);5-11H,1-4,23H2,(H4,24,25,26,27). The minimum absolute atomic E-state index is 0.0905. The van der Waals surface area contributed by atoms with Crippen LogP contribution in [0.4, 0.5) is 34.9 Å². The van der Waals surface area contributed by atoms with Crippen molar-refractivity contribution in [2.75, 3.05) is 39.3 Å². The summed E-state index contributed by atoms with van der Waals surface area (Å²) in [6.45, 7) is 0. The fourth-order valence-electron chi connectivity index (χ4n) is 5.87. The van der Waals surface area contributed by atoms with E-state index in [0.717, 1.165) is 82.7 Å². The van der Waals surface area contributed by atoms with E-state index in [2.05, 4.69) is 53.3 Å². The molecule has 0 aliphatic carbocycles. The fourth-order valence-corrected chi connectivity index (χ4v) is 6.43. The van der Waals surface area contributed by atoms with Gasteiger partial charge in [-0.05, 0) is 109 Å². The molecular weight excluding hydrogens is 823 g/mol. The van der Waals surface area contributed by atoms with Crippen molar-refractivity contribution < 1.29 is 4.79 Å². The van der Waals surface area contributed by atoms with Crippen LogP contribution in [0.25, 0.3) is 22.3 Å². The van der Waals surface area contributed by atoms with Gasteiger partial charge in [-0.15, -0.1) is 0 Å². The van der Waals surface area contributed by atoms with E-state index in [1.54, 1.807) is 24.3 Å². The van der Waals surface area contributed by atoms with E-state index in [9.17, 15) is 4.79 Å². The number of rotatable bonds is 12. The molecular formula is C40H40BrCl3N10O. The summed E-state index contributed by atoms with van der Waals surface area (Å²) >= 11 is 21.3. The van der Waals surface area contributed by atoms with Gasteiger partial charge in [-0.1, -0.05) is 93.2 Å². The number of amides is 1. The minimum atomic E-state index is -0.0905. The van der Waals surface area contributed by atoms with Crippen molar-refractivity contribution in [1.82, 2.24) is 19.9 Å². The quantitative estimate of drug-likeness (QED) is 0.0391. The van der Waals surface area contributed by atoms with Gasteiger partial charge in [-0.25, -0.2) is 9.97 Å². The zero-order chi connectivity index (χ0) is 39.5. The third kappa shape index (κ3) is 11.7. The second kappa shape index (κ2) is 19.4. The van der Waals surface area contributed by atoms with Gasteiger partial charge in [-0.2, -0.15) is 9.97 Å². The summed E-state index contributed by atoms with van der Waals surface area (Å²) in [6, 6.07) is 28.4. The first-order valence-electron chi connectivity index (χ1n) is 17.2. The third-order valence-corrected chi connectivity index (χ3v) is 10.0. The molecule has 284 valence electrons. The zero-order valence-electron chi connectivity index (χ0n) is 29.7. The molecule has 0 saturated carbocycles. The highest BCUT2D eigenvalue weighted by Crippen LogP contribution is 2.34. The minimum Gasteiger partial charge on any atom is -0.399 e. The lowest BCUT2D eigenvalue weighted by atomic mass is 9.99. The Balaban J connectivity index is 0.000000211. The van der Waals surface area contributed by atoms with Crippen LogP contribution in [0.1, 0.15) is 35.4 Å². The number of nitrogens with one attached hydrogen (secondary N) is 1. The Morgan fingerprint density at radius 1 is 0.582 bits per heavy atom. The van der Waals surface area contributed by atoms with Crippen molar-refractivity contribution in [2.45, 2.75) is 38.5 Å². The average Bonchev–Trinajstić information content (AvgIpc) is 3.15. The Bertz CT molecular complexity index is 2240. The largest absolute Gasteiger partial charge is 0.399 e. The van der Waals surface area contributed by atoms with Gasteiger partial charge in [0.25, 0.3) is 0 Å². The Kier molecular flexibility index (Phi) is 14.5. The molecule has 0 saturated heterocycles. The molecule has 15 heteroatoms. The molecule has 2 heterocycles. The van der Waals surface area contributed by atoms with Crippen molar-refractivity contribution in [3.63, 3.8) is 0 Å². The number of nitrogens with zero attached hydrogens (tertiary/aromatic N) is 4. The Morgan fingerprint density at radius 3 is 1.71 bits per heavy atom. The van der Waals surface area contributed by atoms with Crippen LogP contribution in [0.5, 0.6) is 0 Å². The second-order valence-corrected chi connectivity index (χ2v) is 14.4. The predicted octanol–water partition coefficient (Wildman–Crippen LogP) is 8.84. The summed E-state index contributed by atoms with van der Waals surface area (Å²) in [5.74, 6) is 0.919. The molecule has 1 amide bonds. The molecule has 0 aliphatic heterocycles. The summed E-state index contributed by atoms with van der Waals surface area (Å²) in [7, 11) is 0. The number of carbonyl (C=O) groups excluding carboxylic acids is 1. The number of nitrogens with two attached hydrogens (primary N) is 5. The molecule has 0 spiro atoms. The van der Waals surface area contributed by atoms with Crippen LogP contribution in [0.15, 0.2) is 91.0 Å². The molecule has 2 aromatic heterocycles. The van der Waals surface area contributed by atoms with Crippen LogP contribution in [0, 0.1) is 0 Å². The monoisotopic (exact) mass is 860 g/mol. The molecule has 6 rings (SSSR count). The molecule has 0 aliphatic rings. The first-order chi connectivity index (χ1) is 26.4. The number of carbonyl (C=O) groups is 1. The molecule has 0 atom stereocenters. The fraction of sp³-hybridized carbons (Fsp3) is 0.175. The smallest absolute Gasteiger partial charge is 0.235 e. The van der Waals surface area contributed by atoms with Crippen molar-refractivity contribution >= 4 is 91.5 Å². The van der Waals surface area contributed by atoms with E-state index < -0.39 is 0 Å². The van der Waals surface area contributed by atoms with Gasteiger partial charge in [0.05, 0.1) is 26.8 Å². The highest BCUT2D eigenvalue weighted by molar-refractivity contribution is 9.09. The van der Waals surface area contributed by atoms with Crippen LogP contribution in [0.3, 0.4) is 0 Å².